The molecule has 9 heteroatoms. The number of nitrogens with one attached hydrogen (secondary N) is 3. The molecule has 1 aliphatic carbocycles. The molecule has 4 heterocycles. The van der Waals surface area contributed by atoms with Gasteiger partial charge in [0.1, 0.15) is 12.0 Å². The summed E-state index contributed by atoms with van der Waals surface area (Å²) in [5.41, 5.74) is 3.54. The second kappa shape index (κ2) is 7.08. The van der Waals surface area contributed by atoms with Gasteiger partial charge in [0.15, 0.2) is 5.65 Å². The topological polar surface area (TPSA) is 113 Å². The van der Waals surface area contributed by atoms with Gasteiger partial charge in [-0.2, -0.15) is 10.1 Å². The zero-order chi connectivity index (χ0) is 20.7. The maximum absolute atomic E-state index is 11.4. The number of pyridine rings is 1. The minimum absolute atomic E-state index is 0.0309. The highest BCUT2D eigenvalue weighted by Gasteiger charge is 2.31. The molecule has 0 unspecified atom stereocenters. The van der Waals surface area contributed by atoms with Crippen LogP contribution in [0.1, 0.15) is 39.5 Å². The zero-order valence-corrected chi connectivity index (χ0v) is 17.0. The van der Waals surface area contributed by atoms with Gasteiger partial charge in [0.2, 0.25) is 11.9 Å². The Bertz CT molecular complexity index is 1220. The average Bonchev–Trinajstić information content (AvgIpc) is 3.35. The lowest BCUT2D eigenvalue weighted by molar-refractivity contribution is -0.121. The quantitative estimate of drug-likeness (QED) is 0.482. The van der Waals surface area contributed by atoms with Gasteiger partial charge in [-0.3, -0.25) is 4.79 Å². The fourth-order valence-corrected chi connectivity index (χ4v) is 4.33. The fourth-order valence-electron chi connectivity index (χ4n) is 4.33. The molecule has 5 rings (SSSR count). The largest absolute Gasteiger partial charge is 0.351 e. The number of aromatic nitrogens is 6. The Morgan fingerprint density at radius 1 is 1.30 bits per heavy atom. The molecule has 1 amide bonds. The first kappa shape index (κ1) is 18.5. The molecule has 0 aliphatic heterocycles. The Morgan fingerprint density at radius 2 is 2.13 bits per heavy atom. The minimum atomic E-state index is -0.116. The van der Waals surface area contributed by atoms with Gasteiger partial charge in [-0.25, -0.2) is 14.5 Å². The Kier molecular flexibility index (Phi) is 4.38. The molecule has 0 spiro atoms. The highest BCUT2D eigenvalue weighted by atomic mass is 16.1. The van der Waals surface area contributed by atoms with Crippen LogP contribution in [0, 0.1) is 0 Å². The molecule has 4 aromatic rings. The van der Waals surface area contributed by atoms with Crippen LogP contribution in [-0.4, -0.2) is 47.0 Å². The predicted molar refractivity (Wildman–Crippen MR) is 114 cm³/mol. The van der Waals surface area contributed by atoms with Gasteiger partial charge in [-0.15, -0.1) is 0 Å². The van der Waals surface area contributed by atoms with E-state index in [1.165, 1.54) is 0 Å². The third-order valence-electron chi connectivity index (χ3n) is 5.92. The van der Waals surface area contributed by atoms with Crippen molar-refractivity contribution in [1.82, 2.24) is 34.9 Å². The van der Waals surface area contributed by atoms with Crippen LogP contribution in [0.4, 0.5) is 5.95 Å². The standard InChI is InChI=1S/C21H24N8O/c1-13(30)28-21(2)6-3-15(4-7-21)26-20-23-11-17-16(10-22-19(17)27-20)14-5-8-29-18(9-14)24-12-25-29/h5,8-12,15H,3-4,6-7H2,1-2H3,(H,28,30)(H2,22,23,26,27)/t15-,21-. The Balaban J connectivity index is 1.32. The van der Waals surface area contributed by atoms with Gasteiger partial charge in [-0.1, -0.05) is 0 Å². The molecule has 0 radical (unpaired) electrons. The predicted octanol–water partition coefficient (Wildman–Crippen LogP) is 2.92. The Morgan fingerprint density at radius 3 is 2.93 bits per heavy atom. The maximum Gasteiger partial charge on any atom is 0.224 e. The van der Waals surface area contributed by atoms with Crippen LogP contribution >= 0.6 is 0 Å². The molecule has 3 N–H and O–H groups in total. The van der Waals surface area contributed by atoms with E-state index in [1.54, 1.807) is 17.8 Å². The first-order valence-electron chi connectivity index (χ1n) is 10.2. The SMILES string of the molecule is CC(=O)N[C@]1(C)CC[C@@H](Nc2ncc3c(-c4ccn5ncnc5c4)c[nH]c3n2)CC1. The second-order valence-corrected chi connectivity index (χ2v) is 8.30. The van der Waals surface area contributed by atoms with Crippen molar-refractivity contribution in [2.24, 2.45) is 0 Å². The van der Waals surface area contributed by atoms with Gasteiger partial charge in [0, 0.05) is 48.0 Å². The number of aromatic amines is 1. The third-order valence-corrected chi connectivity index (χ3v) is 5.92. The summed E-state index contributed by atoms with van der Waals surface area (Å²) in [4.78, 5) is 28.1. The Labute approximate surface area is 173 Å². The first-order valence-corrected chi connectivity index (χ1v) is 10.2. The molecule has 0 aromatic carbocycles. The summed E-state index contributed by atoms with van der Waals surface area (Å²) in [5.74, 6) is 0.653. The summed E-state index contributed by atoms with van der Waals surface area (Å²) >= 11 is 0. The molecule has 9 nitrogen and oxygen atoms in total. The molecule has 1 saturated carbocycles. The van der Waals surface area contributed by atoms with Crippen LogP contribution in [0.25, 0.3) is 27.8 Å². The third kappa shape index (κ3) is 3.47. The number of nitrogens with zero attached hydrogens (tertiary/aromatic N) is 5. The van der Waals surface area contributed by atoms with Crippen LogP contribution in [0.5, 0.6) is 0 Å². The number of carbonyl (C=O) groups excluding carboxylic acids is 1. The fraction of sp³-hybridized carbons (Fsp3) is 0.381. The molecule has 30 heavy (non-hydrogen) atoms. The number of carbonyl (C=O) groups is 1. The number of anilines is 1. The summed E-state index contributed by atoms with van der Waals surface area (Å²) in [6.07, 6.45) is 11.0. The van der Waals surface area contributed by atoms with Gasteiger partial charge in [0.05, 0.1) is 0 Å². The van der Waals surface area contributed by atoms with E-state index in [1.807, 2.05) is 30.7 Å². The van der Waals surface area contributed by atoms with Crippen molar-refractivity contribution in [2.45, 2.75) is 51.1 Å². The number of rotatable bonds is 4. The van der Waals surface area contributed by atoms with Crippen molar-refractivity contribution in [3.63, 3.8) is 0 Å². The van der Waals surface area contributed by atoms with Crippen molar-refractivity contribution in [2.75, 3.05) is 5.32 Å². The first-order chi connectivity index (χ1) is 14.5. The molecule has 0 saturated heterocycles. The van der Waals surface area contributed by atoms with E-state index in [2.05, 4.69) is 42.6 Å². The van der Waals surface area contributed by atoms with Gasteiger partial charge in [0.25, 0.3) is 0 Å². The lowest BCUT2D eigenvalue weighted by Gasteiger charge is -2.38. The molecular formula is C21H24N8O. The molecule has 1 aliphatic rings. The molecule has 154 valence electrons. The molecule has 0 atom stereocenters. The lowest BCUT2D eigenvalue weighted by atomic mass is 9.81. The van der Waals surface area contributed by atoms with E-state index < -0.39 is 0 Å². The van der Waals surface area contributed by atoms with E-state index in [0.717, 1.165) is 53.5 Å². The van der Waals surface area contributed by atoms with Crippen molar-refractivity contribution < 1.29 is 4.79 Å². The molecular weight excluding hydrogens is 380 g/mol. The van der Waals surface area contributed by atoms with E-state index >= 15 is 0 Å². The zero-order valence-electron chi connectivity index (χ0n) is 17.0. The van der Waals surface area contributed by atoms with Crippen molar-refractivity contribution in [3.05, 3.63) is 37.1 Å². The van der Waals surface area contributed by atoms with Crippen LogP contribution in [0.15, 0.2) is 37.1 Å². The van der Waals surface area contributed by atoms with Gasteiger partial charge in [-0.05, 0) is 50.3 Å². The monoisotopic (exact) mass is 404 g/mol. The van der Waals surface area contributed by atoms with Gasteiger partial charge < -0.3 is 15.6 Å². The van der Waals surface area contributed by atoms with Crippen molar-refractivity contribution in [3.8, 4) is 11.1 Å². The summed E-state index contributed by atoms with van der Waals surface area (Å²) < 4.78 is 1.73. The Hall–Kier alpha value is -3.49. The maximum atomic E-state index is 11.4. The summed E-state index contributed by atoms with van der Waals surface area (Å²) in [7, 11) is 0. The summed E-state index contributed by atoms with van der Waals surface area (Å²) in [5, 5.41) is 11.6. The number of hydrogen-bond acceptors (Lipinski definition) is 6. The number of amides is 1. The van der Waals surface area contributed by atoms with Crippen LogP contribution < -0.4 is 10.6 Å². The summed E-state index contributed by atoms with van der Waals surface area (Å²) in [6, 6.07) is 4.30. The molecule has 4 aromatic heterocycles. The van der Waals surface area contributed by atoms with E-state index in [-0.39, 0.29) is 11.4 Å². The summed E-state index contributed by atoms with van der Waals surface area (Å²) in [6.45, 7) is 3.69. The number of H-pyrrole nitrogens is 1. The van der Waals surface area contributed by atoms with Crippen molar-refractivity contribution in [1.29, 1.82) is 0 Å². The van der Waals surface area contributed by atoms with E-state index in [0.29, 0.717) is 12.0 Å². The average molecular weight is 404 g/mol. The van der Waals surface area contributed by atoms with Crippen LogP contribution in [0.3, 0.4) is 0 Å². The minimum Gasteiger partial charge on any atom is -0.351 e. The lowest BCUT2D eigenvalue weighted by Crippen LogP contribution is -2.49. The number of fused-ring (bicyclic) bond motifs is 2. The molecule has 0 bridgehead atoms. The smallest absolute Gasteiger partial charge is 0.224 e. The van der Waals surface area contributed by atoms with E-state index in [9.17, 15) is 4.79 Å². The van der Waals surface area contributed by atoms with Crippen LogP contribution in [0.2, 0.25) is 0 Å². The highest BCUT2D eigenvalue weighted by molar-refractivity contribution is 5.93. The molecule has 1 fully saturated rings. The van der Waals surface area contributed by atoms with E-state index in [4.69, 9.17) is 0 Å². The van der Waals surface area contributed by atoms with Crippen molar-refractivity contribution >= 4 is 28.5 Å². The normalized spacial score (nSPS) is 21.7. The highest BCUT2D eigenvalue weighted by Crippen LogP contribution is 2.31. The van der Waals surface area contributed by atoms with Gasteiger partial charge >= 0.3 is 0 Å². The van der Waals surface area contributed by atoms with Crippen LogP contribution in [-0.2, 0) is 4.79 Å². The number of hydrogen-bond donors (Lipinski definition) is 3. The second-order valence-electron chi connectivity index (χ2n) is 8.30.